The van der Waals surface area contributed by atoms with E-state index in [2.05, 4.69) is 12.2 Å². The van der Waals surface area contributed by atoms with Crippen LogP contribution < -0.4 is 14.8 Å². The SMILES string of the molecule is CCCN(C(=O)c1ccc2c(c1)OCCCO2)C1CCNC1.Cl. The van der Waals surface area contributed by atoms with Gasteiger partial charge in [-0.05, 0) is 37.6 Å². The van der Waals surface area contributed by atoms with Crippen LogP contribution in [0.5, 0.6) is 11.5 Å². The van der Waals surface area contributed by atoms with Crippen LogP contribution in [0.4, 0.5) is 0 Å². The predicted octanol–water partition coefficient (Wildman–Crippen LogP) is 2.48. The molecule has 0 spiro atoms. The van der Waals surface area contributed by atoms with E-state index in [0.29, 0.717) is 30.6 Å². The van der Waals surface area contributed by atoms with Gasteiger partial charge in [-0.2, -0.15) is 0 Å². The number of hydrogen-bond donors (Lipinski definition) is 1. The highest BCUT2D eigenvalue weighted by Crippen LogP contribution is 2.31. The second-order valence-corrected chi connectivity index (χ2v) is 5.86. The van der Waals surface area contributed by atoms with Crippen molar-refractivity contribution in [3.05, 3.63) is 23.8 Å². The van der Waals surface area contributed by atoms with Crippen LogP contribution in [-0.2, 0) is 0 Å². The summed E-state index contributed by atoms with van der Waals surface area (Å²) >= 11 is 0. The number of benzene rings is 1. The molecule has 1 N–H and O–H groups in total. The van der Waals surface area contributed by atoms with Crippen LogP contribution in [0.2, 0.25) is 0 Å². The molecule has 1 aromatic carbocycles. The topological polar surface area (TPSA) is 50.8 Å². The predicted molar refractivity (Wildman–Crippen MR) is 91.9 cm³/mol. The fourth-order valence-corrected chi connectivity index (χ4v) is 3.06. The molecule has 1 fully saturated rings. The third kappa shape index (κ3) is 4.09. The third-order valence-corrected chi connectivity index (χ3v) is 4.19. The lowest BCUT2D eigenvalue weighted by molar-refractivity contribution is 0.0692. The Morgan fingerprint density at radius 1 is 1.30 bits per heavy atom. The van der Waals surface area contributed by atoms with Crippen LogP contribution in [0.3, 0.4) is 0 Å². The van der Waals surface area contributed by atoms with Crippen molar-refractivity contribution < 1.29 is 14.3 Å². The lowest BCUT2D eigenvalue weighted by atomic mass is 10.1. The number of rotatable bonds is 4. The van der Waals surface area contributed by atoms with Crippen molar-refractivity contribution in [2.75, 3.05) is 32.8 Å². The van der Waals surface area contributed by atoms with E-state index in [-0.39, 0.29) is 18.3 Å². The standard InChI is InChI=1S/C17H24N2O3.ClH/c1-2-8-19(14-6-7-18-12-14)17(20)13-4-5-15-16(11-13)22-10-3-9-21-15;/h4-5,11,14,18H,2-3,6-10,12H2,1H3;1H. The molecule has 0 radical (unpaired) electrons. The minimum Gasteiger partial charge on any atom is -0.490 e. The van der Waals surface area contributed by atoms with Gasteiger partial charge in [-0.3, -0.25) is 4.79 Å². The van der Waals surface area contributed by atoms with E-state index in [1.165, 1.54) is 0 Å². The summed E-state index contributed by atoms with van der Waals surface area (Å²) in [6.07, 6.45) is 2.86. The van der Waals surface area contributed by atoms with E-state index in [0.717, 1.165) is 44.6 Å². The van der Waals surface area contributed by atoms with E-state index in [4.69, 9.17) is 9.47 Å². The van der Waals surface area contributed by atoms with Gasteiger partial charge in [-0.1, -0.05) is 6.92 Å². The highest BCUT2D eigenvalue weighted by Gasteiger charge is 2.27. The second kappa shape index (κ2) is 8.41. The number of hydrogen-bond acceptors (Lipinski definition) is 4. The van der Waals surface area contributed by atoms with Gasteiger partial charge in [0, 0.05) is 31.1 Å². The van der Waals surface area contributed by atoms with Crippen molar-refractivity contribution >= 4 is 18.3 Å². The molecule has 0 bridgehead atoms. The monoisotopic (exact) mass is 340 g/mol. The number of carbonyl (C=O) groups is 1. The smallest absolute Gasteiger partial charge is 0.254 e. The molecule has 1 unspecified atom stereocenters. The summed E-state index contributed by atoms with van der Waals surface area (Å²) in [5, 5.41) is 3.34. The van der Waals surface area contributed by atoms with Crippen molar-refractivity contribution in [1.82, 2.24) is 10.2 Å². The molecule has 6 heteroatoms. The molecule has 2 aliphatic heterocycles. The number of amides is 1. The maximum Gasteiger partial charge on any atom is 0.254 e. The molecule has 1 saturated heterocycles. The van der Waals surface area contributed by atoms with Gasteiger partial charge in [0.25, 0.3) is 5.91 Å². The Hall–Kier alpha value is -1.46. The lowest BCUT2D eigenvalue weighted by Crippen LogP contribution is -2.42. The number of nitrogens with one attached hydrogen (secondary N) is 1. The van der Waals surface area contributed by atoms with Gasteiger partial charge < -0.3 is 19.7 Å². The highest BCUT2D eigenvalue weighted by molar-refractivity contribution is 5.95. The fourth-order valence-electron chi connectivity index (χ4n) is 3.06. The van der Waals surface area contributed by atoms with E-state index >= 15 is 0 Å². The van der Waals surface area contributed by atoms with Gasteiger partial charge in [-0.25, -0.2) is 0 Å². The van der Waals surface area contributed by atoms with Crippen LogP contribution in [-0.4, -0.2) is 49.7 Å². The number of ether oxygens (including phenoxy) is 2. The average molecular weight is 341 g/mol. The Bertz CT molecular complexity index is 533. The van der Waals surface area contributed by atoms with E-state index in [1.807, 2.05) is 23.1 Å². The van der Waals surface area contributed by atoms with Crippen LogP contribution in [0.15, 0.2) is 18.2 Å². The number of nitrogens with zero attached hydrogens (tertiary/aromatic N) is 1. The molecular weight excluding hydrogens is 316 g/mol. The molecule has 128 valence electrons. The van der Waals surface area contributed by atoms with Crippen molar-refractivity contribution in [2.45, 2.75) is 32.2 Å². The number of carbonyl (C=O) groups excluding carboxylic acids is 1. The maximum atomic E-state index is 12.9. The Morgan fingerprint density at radius 3 is 2.78 bits per heavy atom. The molecule has 2 heterocycles. The summed E-state index contributed by atoms with van der Waals surface area (Å²) in [7, 11) is 0. The minimum absolute atomic E-state index is 0. The van der Waals surface area contributed by atoms with Gasteiger partial charge in [0.05, 0.1) is 13.2 Å². The van der Waals surface area contributed by atoms with E-state index < -0.39 is 0 Å². The largest absolute Gasteiger partial charge is 0.490 e. The zero-order valence-electron chi connectivity index (χ0n) is 13.5. The van der Waals surface area contributed by atoms with Gasteiger partial charge >= 0.3 is 0 Å². The molecule has 5 nitrogen and oxygen atoms in total. The first-order valence-electron chi connectivity index (χ1n) is 8.21. The van der Waals surface area contributed by atoms with Gasteiger partial charge in [-0.15, -0.1) is 12.4 Å². The first-order chi connectivity index (χ1) is 10.8. The van der Waals surface area contributed by atoms with Gasteiger partial charge in [0.1, 0.15) is 0 Å². The fraction of sp³-hybridized carbons (Fsp3) is 0.588. The summed E-state index contributed by atoms with van der Waals surface area (Å²) in [5.74, 6) is 1.51. The highest BCUT2D eigenvalue weighted by atomic mass is 35.5. The number of halogens is 1. The molecule has 1 aromatic rings. The van der Waals surface area contributed by atoms with E-state index in [9.17, 15) is 4.79 Å². The second-order valence-electron chi connectivity index (χ2n) is 5.86. The molecule has 0 aromatic heterocycles. The van der Waals surface area contributed by atoms with E-state index in [1.54, 1.807) is 0 Å². The zero-order chi connectivity index (χ0) is 15.4. The molecule has 3 rings (SSSR count). The van der Waals surface area contributed by atoms with Crippen molar-refractivity contribution in [1.29, 1.82) is 0 Å². The minimum atomic E-state index is 0. The van der Waals surface area contributed by atoms with Crippen LogP contribution in [0.25, 0.3) is 0 Å². The summed E-state index contributed by atoms with van der Waals surface area (Å²) in [5.41, 5.74) is 0.685. The summed E-state index contributed by atoms with van der Waals surface area (Å²) in [4.78, 5) is 14.9. The molecule has 2 aliphatic rings. The summed E-state index contributed by atoms with van der Waals surface area (Å²) in [6.45, 7) is 6.07. The lowest BCUT2D eigenvalue weighted by Gasteiger charge is -2.28. The Labute approximate surface area is 143 Å². The Balaban J connectivity index is 0.00000192. The summed E-state index contributed by atoms with van der Waals surface area (Å²) in [6, 6.07) is 5.82. The van der Waals surface area contributed by atoms with Crippen molar-refractivity contribution in [2.24, 2.45) is 0 Å². The quantitative estimate of drug-likeness (QED) is 0.915. The summed E-state index contributed by atoms with van der Waals surface area (Å²) < 4.78 is 11.3. The first kappa shape index (κ1) is 17.9. The Morgan fingerprint density at radius 2 is 2.09 bits per heavy atom. The van der Waals surface area contributed by atoms with Crippen LogP contribution in [0.1, 0.15) is 36.5 Å². The zero-order valence-corrected chi connectivity index (χ0v) is 14.4. The van der Waals surface area contributed by atoms with Crippen LogP contribution >= 0.6 is 12.4 Å². The molecule has 1 atom stereocenters. The molecule has 23 heavy (non-hydrogen) atoms. The van der Waals surface area contributed by atoms with Crippen molar-refractivity contribution in [3.8, 4) is 11.5 Å². The average Bonchev–Trinajstić information content (AvgIpc) is 2.96. The normalized spacial score (nSPS) is 19.6. The van der Waals surface area contributed by atoms with Gasteiger partial charge in [0.2, 0.25) is 0 Å². The van der Waals surface area contributed by atoms with Gasteiger partial charge in [0.15, 0.2) is 11.5 Å². The molecular formula is C17H25ClN2O3. The molecule has 0 saturated carbocycles. The molecule has 1 amide bonds. The molecule has 0 aliphatic carbocycles. The third-order valence-electron chi connectivity index (χ3n) is 4.19. The van der Waals surface area contributed by atoms with Crippen molar-refractivity contribution in [3.63, 3.8) is 0 Å². The maximum absolute atomic E-state index is 12.9. The number of fused-ring (bicyclic) bond motifs is 1. The first-order valence-corrected chi connectivity index (χ1v) is 8.21. The van der Waals surface area contributed by atoms with Crippen LogP contribution in [0, 0.1) is 0 Å². The Kier molecular flexibility index (Phi) is 6.54.